The van der Waals surface area contributed by atoms with Crippen LogP contribution in [-0.4, -0.2) is 55.6 Å². The van der Waals surface area contributed by atoms with Crippen LogP contribution in [0.4, 0.5) is 0 Å². The predicted octanol–water partition coefficient (Wildman–Crippen LogP) is 1.85. The summed E-state index contributed by atoms with van der Waals surface area (Å²) in [5.41, 5.74) is 6.93. The molecule has 1 aliphatic rings. The third-order valence-corrected chi connectivity index (χ3v) is 3.97. The summed E-state index contributed by atoms with van der Waals surface area (Å²) in [5.74, 6) is 0. The zero-order chi connectivity index (χ0) is 13.5. The average molecular weight is 282 g/mol. The quantitative estimate of drug-likeness (QED) is 0.864. The van der Waals surface area contributed by atoms with E-state index < -0.39 is 0 Å². The Balaban J connectivity index is 1.64. The second kappa shape index (κ2) is 7.85. The minimum absolute atomic E-state index is 0.773. The Morgan fingerprint density at radius 1 is 1.05 bits per heavy atom. The van der Waals surface area contributed by atoms with E-state index in [-0.39, 0.29) is 0 Å². The largest absolute Gasteiger partial charge is 0.329 e. The van der Waals surface area contributed by atoms with Gasteiger partial charge in [-0.05, 0) is 37.1 Å². The lowest BCUT2D eigenvalue weighted by atomic mass is 10.1. The first-order valence-electron chi connectivity index (χ1n) is 7.17. The molecule has 106 valence electrons. The number of aryl methyl sites for hydroxylation is 1. The van der Waals surface area contributed by atoms with Gasteiger partial charge >= 0.3 is 0 Å². The van der Waals surface area contributed by atoms with Gasteiger partial charge in [0.1, 0.15) is 0 Å². The molecular formula is C15H24ClN3. The highest BCUT2D eigenvalue weighted by atomic mass is 35.5. The third-order valence-electron chi connectivity index (χ3n) is 3.74. The minimum atomic E-state index is 0.773. The van der Waals surface area contributed by atoms with Gasteiger partial charge in [-0.3, -0.25) is 4.90 Å². The van der Waals surface area contributed by atoms with Crippen molar-refractivity contribution in [1.82, 2.24) is 9.80 Å². The molecule has 0 aromatic heterocycles. The molecule has 2 rings (SSSR count). The molecule has 1 aromatic carbocycles. The van der Waals surface area contributed by atoms with Crippen molar-refractivity contribution < 1.29 is 0 Å². The van der Waals surface area contributed by atoms with Gasteiger partial charge in [-0.2, -0.15) is 0 Å². The maximum atomic E-state index is 5.99. The van der Waals surface area contributed by atoms with E-state index in [1.165, 1.54) is 31.6 Å². The van der Waals surface area contributed by atoms with E-state index in [4.69, 9.17) is 17.3 Å². The molecule has 19 heavy (non-hydrogen) atoms. The third kappa shape index (κ3) is 5.11. The Hall–Kier alpha value is -0.610. The summed E-state index contributed by atoms with van der Waals surface area (Å²) in [4.78, 5) is 5.00. The highest BCUT2D eigenvalue weighted by molar-refractivity contribution is 6.30. The average Bonchev–Trinajstić information content (AvgIpc) is 2.41. The van der Waals surface area contributed by atoms with E-state index >= 15 is 0 Å². The molecule has 1 saturated heterocycles. The van der Waals surface area contributed by atoms with E-state index in [2.05, 4.69) is 21.9 Å². The van der Waals surface area contributed by atoms with Crippen LogP contribution in [0.2, 0.25) is 5.02 Å². The fourth-order valence-corrected chi connectivity index (χ4v) is 2.83. The Labute approximate surface area is 121 Å². The molecule has 0 unspecified atom stereocenters. The summed E-state index contributed by atoms with van der Waals surface area (Å²) in [6.07, 6.45) is 2.32. The topological polar surface area (TPSA) is 32.5 Å². The Morgan fingerprint density at radius 3 is 2.37 bits per heavy atom. The van der Waals surface area contributed by atoms with Crippen molar-refractivity contribution in [2.75, 3.05) is 45.8 Å². The number of hydrogen-bond acceptors (Lipinski definition) is 3. The monoisotopic (exact) mass is 281 g/mol. The fourth-order valence-electron chi connectivity index (χ4n) is 2.62. The van der Waals surface area contributed by atoms with Gasteiger partial charge in [-0.15, -0.1) is 0 Å². The van der Waals surface area contributed by atoms with Crippen LogP contribution in [0.25, 0.3) is 0 Å². The van der Waals surface area contributed by atoms with Crippen molar-refractivity contribution in [2.45, 2.75) is 12.8 Å². The molecule has 0 bridgehead atoms. The highest BCUT2D eigenvalue weighted by Gasteiger charge is 2.15. The number of piperazine rings is 1. The molecule has 1 heterocycles. The predicted molar refractivity (Wildman–Crippen MR) is 81.7 cm³/mol. The number of nitrogens with two attached hydrogens (primary N) is 1. The Kier molecular flexibility index (Phi) is 6.11. The molecule has 0 aliphatic carbocycles. The fraction of sp³-hybridized carbons (Fsp3) is 0.600. The maximum absolute atomic E-state index is 5.99. The van der Waals surface area contributed by atoms with Crippen LogP contribution in [0.1, 0.15) is 12.0 Å². The number of rotatable bonds is 6. The number of benzene rings is 1. The van der Waals surface area contributed by atoms with Crippen molar-refractivity contribution in [3.8, 4) is 0 Å². The van der Waals surface area contributed by atoms with Crippen LogP contribution >= 0.6 is 11.6 Å². The van der Waals surface area contributed by atoms with Crippen molar-refractivity contribution in [3.63, 3.8) is 0 Å². The van der Waals surface area contributed by atoms with Crippen LogP contribution in [0.3, 0.4) is 0 Å². The molecule has 1 fully saturated rings. The number of halogens is 1. The Morgan fingerprint density at radius 2 is 1.74 bits per heavy atom. The van der Waals surface area contributed by atoms with Crippen molar-refractivity contribution >= 4 is 11.6 Å². The lowest BCUT2D eigenvalue weighted by Gasteiger charge is -2.34. The molecule has 2 N–H and O–H groups in total. The standard InChI is InChI=1S/C15H24ClN3/c16-15-5-1-3-14(13-15)4-2-7-18-9-11-19(8-6-17)12-10-18/h1,3,5,13H,2,4,6-12,17H2. The van der Waals surface area contributed by atoms with E-state index in [9.17, 15) is 0 Å². The first-order valence-corrected chi connectivity index (χ1v) is 7.55. The van der Waals surface area contributed by atoms with Crippen LogP contribution in [0, 0.1) is 0 Å². The summed E-state index contributed by atoms with van der Waals surface area (Å²) in [6, 6.07) is 8.19. The first kappa shape index (κ1) is 14.8. The molecule has 0 saturated carbocycles. The van der Waals surface area contributed by atoms with Crippen LogP contribution in [0.5, 0.6) is 0 Å². The van der Waals surface area contributed by atoms with E-state index in [0.29, 0.717) is 0 Å². The summed E-state index contributed by atoms with van der Waals surface area (Å²) >= 11 is 5.99. The summed E-state index contributed by atoms with van der Waals surface area (Å²) in [6.45, 7) is 7.67. The lowest BCUT2D eigenvalue weighted by Crippen LogP contribution is -2.47. The molecule has 0 amide bonds. The molecular weight excluding hydrogens is 258 g/mol. The highest BCUT2D eigenvalue weighted by Crippen LogP contribution is 2.12. The van der Waals surface area contributed by atoms with Crippen LogP contribution in [-0.2, 0) is 6.42 Å². The van der Waals surface area contributed by atoms with Crippen LogP contribution < -0.4 is 5.73 Å². The van der Waals surface area contributed by atoms with Gasteiger partial charge in [0.25, 0.3) is 0 Å². The van der Waals surface area contributed by atoms with Gasteiger partial charge in [0, 0.05) is 44.3 Å². The zero-order valence-corrected chi connectivity index (χ0v) is 12.3. The van der Waals surface area contributed by atoms with Gasteiger partial charge in [0.05, 0.1) is 0 Å². The van der Waals surface area contributed by atoms with Crippen molar-refractivity contribution in [2.24, 2.45) is 5.73 Å². The molecule has 0 atom stereocenters. The van der Waals surface area contributed by atoms with Crippen molar-refractivity contribution in [3.05, 3.63) is 34.9 Å². The molecule has 0 radical (unpaired) electrons. The van der Waals surface area contributed by atoms with E-state index in [0.717, 1.165) is 37.6 Å². The molecule has 1 aromatic rings. The number of hydrogen-bond donors (Lipinski definition) is 1. The van der Waals surface area contributed by atoms with Gasteiger partial charge in [-0.25, -0.2) is 0 Å². The van der Waals surface area contributed by atoms with Crippen LogP contribution in [0.15, 0.2) is 24.3 Å². The zero-order valence-electron chi connectivity index (χ0n) is 11.5. The van der Waals surface area contributed by atoms with Gasteiger partial charge in [0.15, 0.2) is 0 Å². The SMILES string of the molecule is NCCN1CCN(CCCc2cccc(Cl)c2)CC1. The van der Waals surface area contributed by atoms with Crippen molar-refractivity contribution in [1.29, 1.82) is 0 Å². The van der Waals surface area contributed by atoms with Gasteiger partial charge in [0.2, 0.25) is 0 Å². The van der Waals surface area contributed by atoms with E-state index in [1.54, 1.807) is 0 Å². The lowest BCUT2D eigenvalue weighted by molar-refractivity contribution is 0.134. The second-order valence-corrected chi connectivity index (χ2v) is 5.64. The molecule has 0 spiro atoms. The van der Waals surface area contributed by atoms with Gasteiger partial charge in [-0.1, -0.05) is 23.7 Å². The minimum Gasteiger partial charge on any atom is -0.329 e. The van der Waals surface area contributed by atoms with Gasteiger partial charge < -0.3 is 10.6 Å². The molecule has 4 heteroatoms. The summed E-state index contributed by atoms with van der Waals surface area (Å²) < 4.78 is 0. The number of nitrogens with zero attached hydrogens (tertiary/aromatic N) is 2. The molecule has 3 nitrogen and oxygen atoms in total. The Bertz CT molecular complexity index is 375. The second-order valence-electron chi connectivity index (χ2n) is 5.21. The summed E-state index contributed by atoms with van der Waals surface area (Å²) in [7, 11) is 0. The maximum Gasteiger partial charge on any atom is 0.0408 e. The molecule has 1 aliphatic heterocycles. The summed E-state index contributed by atoms with van der Waals surface area (Å²) in [5, 5.41) is 0.841. The van der Waals surface area contributed by atoms with E-state index in [1.807, 2.05) is 12.1 Å². The normalized spacial score (nSPS) is 17.8. The smallest absolute Gasteiger partial charge is 0.0408 e. The first-order chi connectivity index (χ1) is 9.28.